The molecule has 2 heterocycles. The minimum Gasteiger partial charge on any atom is -0.462 e. The highest BCUT2D eigenvalue weighted by Crippen LogP contribution is 2.51. The van der Waals surface area contributed by atoms with Crippen LogP contribution in [0.25, 0.3) is 10.8 Å². The van der Waals surface area contributed by atoms with E-state index in [0.717, 1.165) is 24.6 Å². The zero-order chi connectivity index (χ0) is 30.2. The molecule has 0 aliphatic carbocycles. The normalized spacial score (nSPS) is 26.5. The van der Waals surface area contributed by atoms with Gasteiger partial charge in [0.2, 0.25) is 0 Å². The van der Waals surface area contributed by atoms with Crippen LogP contribution in [0.3, 0.4) is 0 Å². The third-order valence-corrected chi connectivity index (χ3v) is 7.94. The monoisotopic (exact) mass is 595 g/mol. The van der Waals surface area contributed by atoms with Crippen LogP contribution in [0.2, 0.25) is 0 Å². The van der Waals surface area contributed by atoms with Crippen LogP contribution >= 0.6 is 7.75 Å². The molecule has 1 aliphatic rings. The van der Waals surface area contributed by atoms with Crippen molar-refractivity contribution in [2.75, 3.05) is 6.61 Å². The van der Waals surface area contributed by atoms with E-state index in [2.05, 4.69) is 5.09 Å². The zero-order valence-electron chi connectivity index (χ0n) is 22.6. The Morgan fingerprint density at radius 2 is 1.88 bits per heavy atom. The van der Waals surface area contributed by atoms with Gasteiger partial charge in [0.25, 0.3) is 11.4 Å². The molecule has 4 N–H and O–H groups in total. The van der Waals surface area contributed by atoms with Crippen LogP contribution in [0.1, 0.15) is 33.9 Å². The average Bonchev–Trinajstić information content (AvgIpc) is 3.07. The van der Waals surface area contributed by atoms with Crippen LogP contribution < -0.4 is 20.9 Å². The van der Waals surface area contributed by atoms with Crippen molar-refractivity contribution in [2.24, 2.45) is 0 Å². The van der Waals surface area contributed by atoms with E-state index < -0.39 is 67.5 Å². The number of nitrogens with one attached hydrogen (secondary N) is 2. The van der Waals surface area contributed by atoms with Gasteiger partial charge in [0, 0.05) is 17.6 Å². The first kappa shape index (κ1) is 30.6. The number of fused-ring (bicyclic) bond motifs is 1. The van der Waals surface area contributed by atoms with Crippen molar-refractivity contribution in [1.29, 1.82) is 0 Å². The van der Waals surface area contributed by atoms with Crippen LogP contribution in [-0.4, -0.2) is 62.0 Å². The Bertz CT molecular complexity index is 1590. The van der Waals surface area contributed by atoms with Crippen molar-refractivity contribution in [3.63, 3.8) is 0 Å². The first-order valence-electron chi connectivity index (χ1n) is 12.6. The Morgan fingerprint density at radius 1 is 1.20 bits per heavy atom. The standard InChI is InChI=1S/C26H31FN3O10P/c1-15(2)38-21(32)16(3)29-41(36,40-19-11-7-9-17-8-5-6-10-18(17)19)37-14-26(27)22(33)25(4,35)23(39-26)30-13-12-20(31)28-24(30)34/h5-13,15-16,22-23,33,35H,14H2,1-4H3,(H,29,36)(H,28,31,34)/t16?,22-,23?,25+,26+,41?/m0/s1. The molecule has 2 aromatic carbocycles. The van der Waals surface area contributed by atoms with Gasteiger partial charge < -0.3 is 24.2 Å². The van der Waals surface area contributed by atoms with E-state index in [1.807, 2.05) is 4.98 Å². The molecule has 0 saturated carbocycles. The predicted octanol–water partition coefficient (Wildman–Crippen LogP) is 2.13. The molecule has 0 amide bonds. The molecule has 15 heteroatoms. The number of ether oxygens (including phenoxy) is 2. The fraction of sp³-hybridized carbons (Fsp3) is 0.423. The number of hydrogen-bond acceptors (Lipinski definition) is 10. The summed E-state index contributed by atoms with van der Waals surface area (Å²) in [5.41, 5.74) is -4.20. The predicted molar refractivity (Wildman–Crippen MR) is 144 cm³/mol. The molecule has 1 aromatic heterocycles. The van der Waals surface area contributed by atoms with E-state index in [9.17, 15) is 29.2 Å². The third kappa shape index (κ3) is 6.43. The lowest BCUT2D eigenvalue weighted by Gasteiger charge is -2.29. The van der Waals surface area contributed by atoms with E-state index >= 15 is 4.39 Å². The lowest BCUT2D eigenvalue weighted by molar-refractivity contribution is -0.204. The highest BCUT2D eigenvalue weighted by atomic mass is 31.2. The number of esters is 1. The number of aromatic nitrogens is 2. The summed E-state index contributed by atoms with van der Waals surface area (Å²) in [6, 6.07) is 11.6. The van der Waals surface area contributed by atoms with Gasteiger partial charge in [-0.3, -0.25) is 23.7 Å². The molecule has 0 radical (unpaired) electrons. The van der Waals surface area contributed by atoms with Crippen LogP contribution in [0.5, 0.6) is 5.75 Å². The average molecular weight is 596 g/mol. The van der Waals surface area contributed by atoms with Crippen LogP contribution in [0, 0.1) is 0 Å². The minimum absolute atomic E-state index is 0.0776. The van der Waals surface area contributed by atoms with Gasteiger partial charge in [-0.05, 0) is 39.1 Å². The summed E-state index contributed by atoms with van der Waals surface area (Å²) in [6.45, 7) is 4.31. The molecule has 41 heavy (non-hydrogen) atoms. The molecule has 13 nitrogen and oxygen atoms in total. The van der Waals surface area contributed by atoms with Gasteiger partial charge in [0.15, 0.2) is 6.23 Å². The molecule has 3 unspecified atom stereocenters. The maximum atomic E-state index is 16.1. The number of carbonyl (C=O) groups excluding carboxylic acids is 1. The van der Waals surface area contributed by atoms with Gasteiger partial charge in [-0.25, -0.2) is 13.8 Å². The van der Waals surface area contributed by atoms with Crippen LogP contribution in [0.15, 0.2) is 64.3 Å². The van der Waals surface area contributed by atoms with E-state index in [4.69, 9.17) is 18.5 Å². The summed E-state index contributed by atoms with van der Waals surface area (Å²) in [5.74, 6) is -3.95. The highest BCUT2D eigenvalue weighted by molar-refractivity contribution is 7.52. The number of aliphatic hydroxyl groups excluding tert-OH is 1. The van der Waals surface area contributed by atoms with Crippen LogP contribution in [-0.2, 0) is 23.4 Å². The number of nitrogens with zero attached hydrogens (tertiary/aromatic N) is 1. The van der Waals surface area contributed by atoms with Crippen molar-refractivity contribution in [1.82, 2.24) is 14.6 Å². The van der Waals surface area contributed by atoms with Gasteiger partial charge in [-0.1, -0.05) is 36.4 Å². The molecule has 3 aromatic rings. The number of aliphatic hydroxyl groups is 2. The summed E-state index contributed by atoms with van der Waals surface area (Å²) >= 11 is 0. The molecule has 0 bridgehead atoms. The molecule has 0 spiro atoms. The van der Waals surface area contributed by atoms with Crippen molar-refractivity contribution >= 4 is 24.5 Å². The number of carbonyl (C=O) groups is 1. The molecular formula is C26H31FN3O10P. The van der Waals surface area contributed by atoms with Gasteiger partial charge >= 0.3 is 19.4 Å². The lowest BCUT2D eigenvalue weighted by atomic mass is 9.95. The SMILES string of the molecule is CC(C)OC(=O)C(C)NP(=O)(OC[C@@]1(F)OC(n2ccc(=O)[nH]c2=O)[C@](C)(O)[C@@H]1O)Oc1cccc2ccccc12. The fourth-order valence-electron chi connectivity index (χ4n) is 4.30. The third-order valence-electron chi connectivity index (χ3n) is 6.33. The highest BCUT2D eigenvalue weighted by Gasteiger charge is 2.63. The minimum atomic E-state index is -4.65. The summed E-state index contributed by atoms with van der Waals surface area (Å²) in [7, 11) is -4.65. The molecule has 4 rings (SSSR count). The molecule has 6 atom stereocenters. The first-order chi connectivity index (χ1) is 19.1. The zero-order valence-corrected chi connectivity index (χ0v) is 23.5. The fourth-order valence-corrected chi connectivity index (χ4v) is 5.82. The topological polar surface area (TPSA) is 178 Å². The second kappa shape index (κ2) is 11.5. The van der Waals surface area contributed by atoms with Crippen LogP contribution in [0.4, 0.5) is 4.39 Å². The molecule has 1 aliphatic heterocycles. The summed E-state index contributed by atoms with van der Waals surface area (Å²) in [5, 5.41) is 25.3. The van der Waals surface area contributed by atoms with Gasteiger partial charge in [0.1, 0.15) is 30.1 Å². The van der Waals surface area contributed by atoms with Gasteiger partial charge in [0.05, 0.1) is 6.10 Å². The smallest absolute Gasteiger partial charge is 0.459 e. The Hall–Kier alpha value is -3.39. The molecule has 1 saturated heterocycles. The molecule has 222 valence electrons. The van der Waals surface area contributed by atoms with E-state index in [1.165, 1.54) is 13.0 Å². The second-order valence-electron chi connectivity index (χ2n) is 10.1. The van der Waals surface area contributed by atoms with E-state index in [0.29, 0.717) is 9.95 Å². The number of benzene rings is 2. The van der Waals surface area contributed by atoms with E-state index in [-0.39, 0.29) is 5.75 Å². The number of aromatic amines is 1. The number of alkyl halides is 1. The Morgan fingerprint density at radius 3 is 2.56 bits per heavy atom. The maximum absolute atomic E-state index is 16.1. The van der Waals surface area contributed by atoms with Gasteiger partial charge in [-0.15, -0.1) is 0 Å². The summed E-state index contributed by atoms with van der Waals surface area (Å²) in [6.07, 6.45) is -3.68. The summed E-state index contributed by atoms with van der Waals surface area (Å²) < 4.78 is 52.3. The number of halogens is 1. The summed E-state index contributed by atoms with van der Waals surface area (Å²) in [4.78, 5) is 38.1. The molecule has 1 fully saturated rings. The van der Waals surface area contributed by atoms with Crippen molar-refractivity contribution in [3.05, 3.63) is 75.6 Å². The van der Waals surface area contributed by atoms with Crippen molar-refractivity contribution in [2.45, 2.75) is 63.6 Å². The van der Waals surface area contributed by atoms with Crippen molar-refractivity contribution in [3.8, 4) is 5.75 Å². The van der Waals surface area contributed by atoms with Crippen molar-refractivity contribution < 1.29 is 42.5 Å². The maximum Gasteiger partial charge on any atom is 0.459 e. The van der Waals surface area contributed by atoms with Gasteiger partial charge in [-0.2, -0.15) is 5.09 Å². The number of H-pyrrole nitrogens is 1. The number of hydrogen-bond donors (Lipinski definition) is 4. The second-order valence-corrected chi connectivity index (χ2v) is 11.8. The quantitative estimate of drug-likeness (QED) is 0.199. The Balaban J connectivity index is 1.64. The Kier molecular flexibility index (Phi) is 8.55. The Labute approximate surface area is 233 Å². The number of rotatable bonds is 10. The molecular weight excluding hydrogens is 564 g/mol. The lowest BCUT2D eigenvalue weighted by Crippen LogP contribution is -2.50. The van der Waals surface area contributed by atoms with E-state index in [1.54, 1.807) is 50.2 Å². The first-order valence-corrected chi connectivity index (χ1v) is 14.2. The largest absolute Gasteiger partial charge is 0.462 e.